The Labute approximate surface area is 113 Å². The normalized spacial score (nSPS) is 22.8. The van der Waals surface area contributed by atoms with Crippen LogP contribution in [0, 0.1) is 5.92 Å². The Morgan fingerprint density at radius 3 is 3.05 bits per heavy atom. The van der Waals surface area contributed by atoms with E-state index in [1.54, 1.807) is 0 Å². The van der Waals surface area contributed by atoms with Crippen LogP contribution in [0.3, 0.4) is 0 Å². The Hall–Kier alpha value is -1.78. The van der Waals surface area contributed by atoms with Crippen molar-refractivity contribution >= 4 is 17.3 Å². The van der Waals surface area contributed by atoms with Gasteiger partial charge in [0.1, 0.15) is 5.82 Å². The van der Waals surface area contributed by atoms with Crippen LogP contribution in [0.15, 0.2) is 18.6 Å². The number of aromatic nitrogens is 3. The molecule has 1 saturated carbocycles. The second-order valence-corrected chi connectivity index (χ2v) is 5.32. The third-order valence-corrected chi connectivity index (χ3v) is 3.92. The van der Waals surface area contributed by atoms with Crippen molar-refractivity contribution in [1.29, 1.82) is 0 Å². The monoisotopic (exact) mass is 259 g/mol. The molecule has 102 valence electrons. The quantitative estimate of drug-likeness (QED) is 0.886. The second-order valence-electron chi connectivity index (χ2n) is 5.32. The molecule has 0 bridgehead atoms. The van der Waals surface area contributed by atoms with Crippen molar-refractivity contribution in [2.24, 2.45) is 5.92 Å². The smallest absolute Gasteiger partial charge is 0.180 e. The van der Waals surface area contributed by atoms with Gasteiger partial charge >= 0.3 is 0 Å². The van der Waals surface area contributed by atoms with Gasteiger partial charge in [-0.05, 0) is 25.7 Å². The first kappa shape index (κ1) is 12.3. The summed E-state index contributed by atoms with van der Waals surface area (Å²) >= 11 is 0. The standard InChI is InChI=1S/C14H21N5/c1-3-15-12-9-19-8-7-16-14(19)13(18-12)17-11-6-4-5-10(11)2/h7-11,15H,3-6H2,1-2H3,(H,17,18). The molecule has 0 radical (unpaired) electrons. The number of fused-ring (bicyclic) bond motifs is 1. The number of hydrogen-bond acceptors (Lipinski definition) is 4. The molecule has 5 nitrogen and oxygen atoms in total. The highest BCUT2D eigenvalue weighted by Crippen LogP contribution is 2.28. The SMILES string of the molecule is CCNc1cn2ccnc2c(NC2CCCC2C)n1. The van der Waals surface area contributed by atoms with Gasteiger partial charge in [0.05, 0.1) is 6.20 Å². The summed E-state index contributed by atoms with van der Waals surface area (Å²) in [6, 6.07) is 0.518. The molecule has 1 aliphatic carbocycles. The predicted octanol–water partition coefficient (Wildman–Crippen LogP) is 2.76. The van der Waals surface area contributed by atoms with Crippen molar-refractivity contribution in [1.82, 2.24) is 14.4 Å². The molecule has 2 heterocycles. The molecule has 2 unspecified atom stereocenters. The van der Waals surface area contributed by atoms with Crippen LogP contribution in [-0.4, -0.2) is 27.0 Å². The van der Waals surface area contributed by atoms with Crippen LogP contribution in [0.5, 0.6) is 0 Å². The van der Waals surface area contributed by atoms with Crippen molar-refractivity contribution in [2.75, 3.05) is 17.2 Å². The zero-order chi connectivity index (χ0) is 13.2. The maximum Gasteiger partial charge on any atom is 0.180 e. The average molecular weight is 259 g/mol. The second kappa shape index (κ2) is 5.07. The molecule has 0 amide bonds. The minimum Gasteiger partial charge on any atom is -0.369 e. The summed E-state index contributed by atoms with van der Waals surface area (Å²) in [7, 11) is 0. The summed E-state index contributed by atoms with van der Waals surface area (Å²) in [4.78, 5) is 9.05. The van der Waals surface area contributed by atoms with Crippen molar-refractivity contribution in [3.63, 3.8) is 0 Å². The highest BCUT2D eigenvalue weighted by Gasteiger charge is 2.24. The van der Waals surface area contributed by atoms with Crippen LogP contribution < -0.4 is 10.6 Å². The molecule has 1 aliphatic rings. The van der Waals surface area contributed by atoms with Gasteiger partial charge in [0.25, 0.3) is 0 Å². The van der Waals surface area contributed by atoms with Gasteiger partial charge in [-0.1, -0.05) is 13.3 Å². The highest BCUT2D eigenvalue weighted by atomic mass is 15.2. The molecule has 19 heavy (non-hydrogen) atoms. The van der Waals surface area contributed by atoms with E-state index in [0.29, 0.717) is 12.0 Å². The van der Waals surface area contributed by atoms with Gasteiger partial charge in [-0.25, -0.2) is 9.97 Å². The molecule has 1 fully saturated rings. The van der Waals surface area contributed by atoms with Gasteiger partial charge in [-0.2, -0.15) is 0 Å². The highest BCUT2D eigenvalue weighted by molar-refractivity contribution is 5.65. The van der Waals surface area contributed by atoms with E-state index in [-0.39, 0.29) is 0 Å². The zero-order valence-corrected chi connectivity index (χ0v) is 11.6. The fourth-order valence-electron chi connectivity index (χ4n) is 2.83. The van der Waals surface area contributed by atoms with E-state index < -0.39 is 0 Å². The van der Waals surface area contributed by atoms with E-state index in [4.69, 9.17) is 0 Å². The molecule has 0 spiro atoms. The van der Waals surface area contributed by atoms with Crippen molar-refractivity contribution in [2.45, 2.75) is 39.2 Å². The minimum absolute atomic E-state index is 0.518. The van der Waals surface area contributed by atoms with Crippen LogP contribution in [0.1, 0.15) is 33.1 Å². The first-order valence-corrected chi connectivity index (χ1v) is 7.12. The summed E-state index contributed by atoms with van der Waals surface area (Å²) < 4.78 is 2.02. The van der Waals surface area contributed by atoms with Gasteiger partial charge in [0.15, 0.2) is 11.5 Å². The van der Waals surface area contributed by atoms with Crippen LogP contribution in [-0.2, 0) is 0 Å². The van der Waals surface area contributed by atoms with Crippen molar-refractivity contribution in [3.8, 4) is 0 Å². The fraction of sp³-hybridized carbons (Fsp3) is 0.571. The third-order valence-electron chi connectivity index (χ3n) is 3.92. The third kappa shape index (κ3) is 2.37. The summed E-state index contributed by atoms with van der Waals surface area (Å²) in [5.41, 5.74) is 0.903. The van der Waals surface area contributed by atoms with E-state index in [1.165, 1.54) is 19.3 Å². The first-order chi connectivity index (χ1) is 9.28. The van der Waals surface area contributed by atoms with E-state index in [1.807, 2.05) is 23.0 Å². The number of hydrogen-bond donors (Lipinski definition) is 2. The van der Waals surface area contributed by atoms with Gasteiger partial charge in [0.2, 0.25) is 0 Å². The number of nitrogens with zero attached hydrogens (tertiary/aromatic N) is 3. The Kier molecular flexibility index (Phi) is 3.27. The molecule has 2 N–H and O–H groups in total. The Morgan fingerprint density at radius 1 is 1.42 bits per heavy atom. The lowest BCUT2D eigenvalue weighted by Gasteiger charge is -2.19. The van der Waals surface area contributed by atoms with Gasteiger partial charge < -0.3 is 15.0 Å². The minimum atomic E-state index is 0.518. The molecule has 0 saturated heterocycles. The maximum atomic E-state index is 4.66. The lowest BCUT2D eigenvalue weighted by molar-refractivity contribution is 0.555. The molecular weight excluding hydrogens is 238 g/mol. The van der Waals surface area contributed by atoms with E-state index in [2.05, 4.69) is 34.4 Å². The molecule has 2 aromatic rings. The number of rotatable bonds is 4. The Bertz CT molecular complexity index is 562. The van der Waals surface area contributed by atoms with Gasteiger partial charge in [-0.3, -0.25) is 0 Å². The number of imidazole rings is 1. The van der Waals surface area contributed by atoms with Crippen molar-refractivity contribution < 1.29 is 0 Å². The summed E-state index contributed by atoms with van der Waals surface area (Å²) in [6.07, 6.45) is 9.58. The van der Waals surface area contributed by atoms with E-state index >= 15 is 0 Å². The topological polar surface area (TPSA) is 54.2 Å². The Morgan fingerprint density at radius 2 is 2.32 bits per heavy atom. The molecule has 3 rings (SSSR count). The fourth-order valence-corrected chi connectivity index (χ4v) is 2.83. The molecule has 5 heteroatoms. The first-order valence-electron chi connectivity index (χ1n) is 7.12. The number of nitrogens with one attached hydrogen (secondary N) is 2. The molecule has 0 aliphatic heterocycles. The largest absolute Gasteiger partial charge is 0.369 e. The maximum absolute atomic E-state index is 4.66. The van der Waals surface area contributed by atoms with Crippen LogP contribution in [0.4, 0.5) is 11.6 Å². The van der Waals surface area contributed by atoms with Crippen molar-refractivity contribution in [3.05, 3.63) is 18.6 Å². The van der Waals surface area contributed by atoms with Crippen LogP contribution in [0.25, 0.3) is 5.65 Å². The van der Waals surface area contributed by atoms with Crippen LogP contribution >= 0.6 is 0 Å². The van der Waals surface area contributed by atoms with Gasteiger partial charge in [0, 0.05) is 25.0 Å². The lowest BCUT2D eigenvalue weighted by atomic mass is 10.1. The van der Waals surface area contributed by atoms with E-state index in [0.717, 1.165) is 23.8 Å². The molecule has 2 atom stereocenters. The zero-order valence-electron chi connectivity index (χ0n) is 11.6. The molecular formula is C14H21N5. The summed E-state index contributed by atoms with van der Waals surface area (Å²) in [5.74, 6) is 2.49. The van der Waals surface area contributed by atoms with Crippen LogP contribution in [0.2, 0.25) is 0 Å². The Balaban J connectivity index is 1.93. The number of anilines is 2. The van der Waals surface area contributed by atoms with Gasteiger partial charge in [-0.15, -0.1) is 0 Å². The van der Waals surface area contributed by atoms with E-state index in [9.17, 15) is 0 Å². The average Bonchev–Trinajstić information content (AvgIpc) is 3.00. The lowest BCUT2D eigenvalue weighted by Crippen LogP contribution is -2.23. The summed E-state index contributed by atoms with van der Waals surface area (Å²) in [5, 5.41) is 6.85. The molecule has 0 aromatic carbocycles. The molecule has 2 aromatic heterocycles. The predicted molar refractivity (Wildman–Crippen MR) is 77.6 cm³/mol. The summed E-state index contributed by atoms with van der Waals surface area (Å²) in [6.45, 7) is 5.25.